The summed E-state index contributed by atoms with van der Waals surface area (Å²) in [4.78, 5) is 4.34. The Morgan fingerprint density at radius 1 is 0.944 bits per heavy atom. The van der Waals surface area contributed by atoms with Crippen LogP contribution >= 0.6 is 0 Å². The van der Waals surface area contributed by atoms with Gasteiger partial charge < -0.3 is 10.6 Å². The van der Waals surface area contributed by atoms with Crippen LogP contribution in [0.1, 0.15) is 5.69 Å². The van der Waals surface area contributed by atoms with Gasteiger partial charge in [-0.2, -0.15) is 0 Å². The maximum atomic E-state index is 4.34. The van der Waals surface area contributed by atoms with Gasteiger partial charge in [-0.3, -0.25) is 4.98 Å². The van der Waals surface area contributed by atoms with Gasteiger partial charge in [0.15, 0.2) is 0 Å². The molecule has 1 aromatic heterocycles. The second-order valence-electron chi connectivity index (χ2n) is 3.97. The topological polar surface area (TPSA) is 37.0 Å². The zero-order valence-corrected chi connectivity index (χ0v) is 9.80. The Balaban J connectivity index is 1.89. The lowest BCUT2D eigenvalue weighted by molar-refractivity contribution is 0.992. The normalized spacial score (nSPS) is 21.2. The zero-order valence-electron chi connectivity index (χ0n) is 9.80. The van der Waals surface area contributed by atoms with Gasteiger partial charge in [0, 0.05) is 12.4 Å². The quantitative estimate of drug-likeness (QED) is 0.785. The first kappa shape index (κ1) is 10.6. The molecular formula is C15H13N3. The number of rotatable bonds is 1. The van der Waals surface area contributed by atoms with Gasteiger partial charge in [-0.25, -0.2) is 0 Å². The van der Waals surface area contributed by atoms with Crippen LogP contribution in [0.15, 0.2) is 78.4 Å². The average Bonchev–Trinajstić information content (AvgIpc) is 2.49. The highest BCUT2D eigenvalue weighted by Gasteiger charge is 2.09. The van der Waals surface area contributed by atoms with E-state index >= 15 is 0 Å². The van der Waals surface area contributed by atoms with E-state index in [-0.39, 0.29) is 0 Å². The number of hydrogen-bond acceptors (Lipinski definition) is 3. The highest BCUT2D eigenvalue weighted by atomic mass is 15.0. The molecule has 0 atom stereocenters. The Morgan fingerprint density at radius 3 is 2.67 bits per heavy atom. The number of hydrogen-bond donors (Lipinski definition) is 2. The van der Waals surface area contributed by atoms with Gasteiger partial charge >= 0.3 is 0 Å². The van der Waals surface area contributed by atoms with Crippen LogP contribution in [-0.4, -0.2) is 4.98 Å². The Bertz CT molecular complexity index is 589. The van der Waals surface area contributed by atoms with Crippen LogP contribution in [0.4, 0.5) is 0 Å². The molecule has 3 heterocycles. The standard InChI is InChI=1S/C15H13N3/c1-3-10-16-12(6-1)14-8-5-9-15(18-14)13-7-2-4-11-17-13/h1-11,16,18H. The third-order valence-corrected chi connectivity index (χ3v) is 2.74. The monoisotopic (exact) mass is 235 g/mol. The first-order chi connectivity index (χ1) is 8.93. The molecule has 0 saturated heterocycles. The summed E-state index contributed by atoms with van der Waals surface area (Å²) in [6, 6.07) is 5.89. The summed E-state index contributed by atoms with van der Waals surface area (Å²) in [5, 5.41) is 6.59. The van der Waals surface area contributed by atoms with Crippen LogP contribution in [-0.2, 0) is 0 Å². The summed E-state index contributed by atoms with van der Waals surface area (Å²) in [6.07, 6.45) is 15.8. The van der Waals surface area contributed by atoms with Gasteiger partial charge in [0.25, 0.3) is 0 Å². The molecule has 0 fully saturated rings. The molecule has 0 saturated carbocycles. The number of allylic oxidation sites excluding steroid dienone is 6. The summed E-state index contributed by atoms with van der Waals surface area (Å²) >= 11 is 0. The lowest BCUT2D eigenvalue weighted by Crippen LogP contribution is -2.20. The van der Waals surface area contributed by atoms with Crippen molar-refractivity contribution in [3.8, 4) is 0 Å². The number of aromatic nitrogens is 1. The van der Waals surface area contributed by atoms with Gasteiger partial charge in [-0.1, -0.05) is 18.2 Å². The van der Waals surface area contributed by atoms with E-state index in [0.717, 1.165) is 22.8 Å². The zero-order chi connectivity index (χ0) is 12.2. The van der Waals surface area contributed by atoms with Gasteiger partial charge in [0.1, 0.15) is 0 Å². The van der Waals surface area contributed by atoms with E-state index in [9.17, 15) is 0 Å². The summed E-state index contributed by atoms with van der Waals surface area (Å²) in [6.45, 7) is 0. The van der Waals surface area contributed by atoms with Gasteiger partial charge in [0.05, 0.1) is 22.8 Å². The summed E-state index contributed by atoms with van der Waals surface area (Å²) in [5.74, 6) is 0. The minimum atomic E-state index is 0.940. The van der Waals surface area contributed by atoms with Crippen molar-refractivity contribution in [2.75, 3.05) is 0 Å². The van der Waals surface area contributed by atoms with Crippen molar-refractivity contribution in [3.05, 3.63) is 84.1 Å². The average molecular weight is 235 g/mol. The Morgan fingerprint density at radius 2 is 1.89 bits per heavy atom. The van der Waals surface area contributed by atoms with Crippen molar-refractivity contribution in [1.29, 1.82) is 0 Å². The molecule has 3 rings (SSSR count). The van der Waals surface area contributed by atoms with Crippen molar-refractivity contribution in [3.63, 3.8) is 0 Å². The molecule has 1 aromatic rings. The van der Waals surface area contributed by atoms with Crippen LogP contribution in [0, 0.1) is 0 Å². The number of dihydropyridines is 2. The Labute approximate surface area is 106 Å². The highest BCUT2D eigenvalue weighted by Crippen LogP contribution is 2.17. The van der Waals surface area contributed by atoms with Crippen LogP contribution in [0.5, 0.6) is 0 Å². The number of nitrogens with one attached hydrogen (secondary N) is 2. The van der Waals surface area contributed by atoms with Crippen molar-refractivity contribution in [2.45, 2.75) is 0 Å². The minimum absolute atomic E-state index is 0.940. The number of nitrogens with zero attached hydrogens (tertiary/aromatic N) is 1. The molecule has 2 N–H and O–H groups in total. The molecule has 0 spiro atoms. The molecule has 3 heteroatoms. The molecule has 2 aliphatic rings. The molecule has 0 aliphatic carbocycles. The lowest BCUT2D eigenvalue weighted by Gasteiger charge is -2.18. The van der Waals surface area contributed by atoms with Crippen LogP contribution in [0.25, 0.3) is 5.70 Å². The van der Waals surface area contributed by atoms with E-state index < -0.39 is 0 Å². The van der Waals surface area contributed by atoms with Crippen LogP contribution in [0.3, 0.4) is 0 Å². The molecular weight excluding hydrogens is 222 g/mol. The summed E-state index contributed by atoms with van der Waals surface area (Å²) in [7, 11) is 0. The van der Waals surface area contributed by atoms with E-state index in [1.165, 1.54) is 0 Å². The minimum Gasteiger partial charge on any atom is -0.360 e. The molecule has 18 heavy (non-hydrogen) atoms. The maximum Gasteiger partial charge on any atom is 0.0864 e. The van der Waals surface area contributed by atoms with Crippen LogP contribution < -0.4 is 10.6 Å². The summed E-state index contributed by atoms with van der Waals surface area (Å²) < 4.78 is 0. The fourth-order valence-electron chi connectivity index (χ4n) is 1.86. The molecule has 0 unspecified atom stereocenters. The molecule has 0 aromatic carbocycles. The number of pyridine rings is 1. The smallest absolute Gasteiger partial charge is 0.0864 e. The summed E-state index contributed by atoms with van der Waals surface area (Å²) in [5.41, 5.74) is 4.04. The highest BCUT2D eigenvalue weighted by molar-refractivity contribution is 5.67. The van der Waals surface area contributed by atoms with E-state index in [1.807, 2.05) is 60.9 Å². The first-order valence-corrected chi connectivity index (χ1v) is 5.84. The second-order valence-corrected chi connectivity index (χ2v) is 3.97. The SMILES string of the molecule is C1=CNC(=C2C=CC=C(c3ccccn3)N2)C=C1. The van der Waals surface area contributed by atoms with Gasteiger partial charge in [0.2, 0.25) is 0 Å². The van der Waals surface area contributed by atoms with Crippen LogP contribution in [0.2, 0.25) is 0 Å². The van der Waals surface area contributed by atoms with Crippen molar-refractivity contribution in [2.24, 2.45) is 0 Å². The largest absolute Gasteiger partial charge is 0.360 e. The Hall–Kier alpha value is -2.55. The van der Waals surface area contributed by atoms with Crippen molar-refractivity contribution < 1.29 is 0 Å². The predicted octanol–water partition coefficient (Wildman–Crippen LogP) is 2.47. The lowest BCUT2D eigenvalue weighted by atomic mass is 10.1. The fourth-order valence-corrected chi connectivity index (χ4v) is 1.86. The first-order valence-electron chi connectivity index (χ1n) is 5.84. The molecule has 2 aliphatic heterocycles. The molecule has 0 amide bonds. The second kappa shape index (κ2) is 4.75. The molecule has 88 valence electrons. The predicted molar refractivity (Wildman–Crippen MR) is 72.9 cm³/mol. The molecule has 3 nitrogen and oxygen atoms in total. The Kier molecular flexibility index (Phi) is 2.80. The van der Waals surface area contributed by atoms with Crippen molar-refractivity contribution in [1.82, 2.24) is 15.6 Å². The van der Waals surface area contributed by atoms with Gasteiger partial charge in [-0.15, -0.1) is 0 Å². The van der Waals surface area contributed by atoms with E-state index in [0.29, 0.717) is 0 Å². The fraction of sp³-hybridized carbons (Fsp3) is 0. The third-order valence-electron chi connectivity index (χ3n) is 2.74. The van der Waals surface area contributed by atoms with E-state index in [2.05, 4.69) is 15.6 Å². The maximum absolute atomic E-state index is 4.34. The van der Waals surface area contributed by atoms with E-state index in [1.54, 1.807) is 6.20 Å². The molecule has 0 radical (unpaired) electrons. The third kappa shape index (κ3) is 2.11. The van der Waals surface area contributed by atoms with Gasteiger partial charge in [-0.05, 0) is 36.4 Å². The molecule has 0 bridgehead atoms. The van der Waals surface area contributed by atoms with Crippen molar-refractivity contribution >= 4 is 5.70 Å². The van der Waals surface area contributed by atoms with E-state index in [4.69, 9.17) is 0 Å².